The van der Waals surface area contributed by atoms with Crippen molar-refractivity contribution in [1.29, 1.82) is 0 Å². The number of nitrogens with one attached hydrogen (secondary N) is 1. The van der Waals surface area contributed by atoms with E-state index in [1.807, 2.05) is 38.4 Å². The van der Waals surface area contributed by atoms with Crippen LogP contribution in [0.25, 0.3) is 0 Å². The molecular weight excluding hydrogens is 238 g/mol. The van der Waals surface area contributed by atoms with Crippen molar-refractivity contribution in [3.8, 4) is 0 Å². The molecule has 19 heavy (non-hydrogen) atoms. The highest BCUT2D eigenvalue weighted by molar-refractivity contribution is 5.80. The molecule has 4 nitrogen and oxygen atoms in total. The molecule has 0 aliphatic heterocycles. The van der Waals surface area contributed by atoms with Crippen molar-refractivity contribution in [2.45, 2.75) is 26.3 Å². The molecule has 0 aromatic heterocycles. The topological polar surface area (TPSA) is 58.4 Å². The first kappa shape index (κ1) is 15.5. The van der Waals surface area contributed by atoms with Gasteiger partial charge in [-0.2, -0.15) is 0 Å². The van der Waals surface area contributed by atoms with E-state index >= 15 is 0 Å². The van der Waals surface area contributed by atoms with Crippen LogP contribution in [0.2, 0.25) is 0 Å². The molecule has 0 fully saturated rings. The quantitative estimate of drug-likeness (QED) is 0.765. The predicted octanol–water partition coefficient (Wildman–Crippen LogP) is 1.51. The average molecular weight is 263 g/mol. The Kier molecular flexibility index (Phi) is 5.83. The summed E-state index contributed by atoms with van der Waals surface area (Å²) in [6.45, 7) is 5.07. The van der Waals surface area contributed by atoms with Gasteiger partial charge >= 0.3 is 0 Å². The van der Waals surface area contributed by atoms with Crippen LogP contribution in [0.5, 0.6) is 0 Å². The van der Waals surface area contributed by atoms with Crippen molar-refractivity contribution in [2.24, 2.45) is 5.92 Å². The van der Waals surface area contributed by atoms with E-state index in [0.29, 0.717) is 18.0 Å². The van der Waals surface area contributed by atoms with Gasteiger partial charge in [-0.3, -0.25) is 4.79 Å². The minimum atomic E-state index is 0.0263. The van der Waals surface area contributed by atoms with E-state index in [0.717, 1.165) is 12.1 Å². The molecule has 1 aromatic carbocycles. The number of carbonyl (C=O) groups is 1. The Balaban J connectivity index is 2.60. The Morgan fingerprint density at radius 3 is 2.47 bits per heavy atom. The fourth-order valence-electron chi connectivity index (χ4n) is 1.94. The number of para-hydroxylation sites is 1. The highest BCUT2D eigenvalue weighted by Gasteiger charge is 2.17. The first-order chi connectivity index (χ1) is 8.90. The van der Waals surface area contributed by atoms with Crippen molar-refractivity contribution in [3.05, 3.63) is 29.8 Å². The van der Waals surface area contributed by atoms with Crippen LogP contribution in [0.3, 0.4) is 0 Å². The summed E-state index contributed by atoms with van der Waals surface area (Å²) in [4.78, 5) is 14.2. The number of hydrogen-bond acceptors (Lipinski definition) is 3. The van der Waals surface area contributed by atoms with E-state index in [1.165, 1.54) is 0 Å². The van der Waals surface area contributed by atoms with Gasteiger partial charge < -0.3 is 16.0 Å². The second kappa shape index (κ2) is 7.14. The number of likely N-dealkylation sites (N-methyl/N-ethyl adjacent to an activating group) is 1. The lowest BCUT2D eigenvalue weighted by molar-refractivity contribution is -0.121. The Bertz CT molecular complexity index is 416. The predicted molar refractivity (Wildman–Crippen MR) is 79.9 cm³/mol. The summed E-state index contributed by atoms with van der Waals surface area (Å²) < 4.78 is 0. The van der Waals surface area contributed by atoms with E-state index in [9.17, 15) is 4.79 Å². The van der Waals surface area contributed by atoms with Gasteiger partial charge in [0.05, 0.1) is 6.42 Å². The lowest BCUT2D eigenvalue weighted by Gasteiger charge is -2.25. The summed E-state index contributed by atoms with van der Waals surface area (Å²) in [5.74, 6) is 0.429. The molecule has 3 N–H and O–H groups in total. The summed E-state index contributed by atoms with van der Waals surface area (Å²) >= 11 is 0. The number of carbonyl (C=O) groups excluding carboxylic acids is 1. The second-order valence-corrected chi connectivity index (χ2v) is 5.56. The number of nitrogens with two attached hydrogens (primary N) is 1. The third-order valence-electron chi connectivity index (χ3n) is 3.12. The van der Waals surface area contributed by atoms with Crippen LogP contribution in [-0.2, 0) is 11.2 Å². The molecule has 1 aromatic rings. The zero-order valence-electron chi connectivity index (χ0n) is 12.3. The van der Waals surface area contributed by atoms with Gasteiger partial charge in [-0.05, 0) is 31.6 Å². The Labute approximate surface area is 116 Å². The summed E-state index contributed by atoms with van der Waals surface area (Å²) in [5, 5.41) is 3.09. The van der Waals surface area contributed by atoms with E-state index in [4.69, 9.17) is 5.73 Å². The van der Waals surface area contributed by atoms with Crippen LogP contribution < -0.4 is 11.1 Å². The van der Waals surface area contributed by atoms with Crippen LogP contribution in [-0.4, -0.2) is 37.5 Å². The summed E-state index contributed by atoms with van der Waals surface area (Å²) in [6, 6.07) is 7.65. The summed E-state index contributed by atoms with van der Waals surface area (Å²) in [5.41, 5.74) is 7.41. The molecule has 106 valence electrons. The molecule has 0 bridgehead atoms. The Morgan fingerprint density at radius 1 is 1.32 bits per heavy atom. The average Bonchev–Trinajstić information content (AvgIpc) is 2.30. The molecule has 0 radical (unpaired) electrons. The van der Waals surface area contributed by atoms with Crippen LogP contribution in [0.4, 0.5) is 5.69 Å². The molecular formula is C15H25N3O. The standard InChI is InChI=1S/C15H25N3O/c1-11(2)14(10-18(3)4)17-15(19)9-12-7-5-6-8-13(12)16/h5-8,11,14H,9-10,16H2,1-4H3,(H,17,19). The van der Waals surface area contributed by atoms with Gasteiger partial charge in [0.2, 0.25) is 5.91 Å². The number of amides is 1. The highest BCUT2D eigenvalue weighted by atomic mass is 16.1. The number of rotatable bonds is 6. The second-order valence-electron chi connectivity index (χ2n) is 5.56. The van der Waals surface area contributed by atoms with Gasteiger partial charge in [0, 0.05) is 18.3 Å². The maximum Gasteiger partial charge on any atom is 0.224 e. The van der Waals surface area contributed by atoms with Gasteiger partial charge in [-0.25, -0.2) is 0 Å². The van der Waals surface area contributed by atoms with Crippen LogP contribution in [0.1, 0.15) is 19.4 Å². The molecule has 4 heteroatoms. The van der Waals surface area contributed by atoms with E-state index in [-0.39, 0.29) is 11.9 Å². The van der Waals surface area contributed by atoms with Gasteiger partial charge in [-0.15, -0.1) is 0 Å². The number of nitrogen functional groups attached to an aromatic ring is 1. The van der Waals surface area contributed by atoms with Gasteiger partial charge in [-0.1, -0.05) is 32.0 Å². The summed E-state index contributed by atoms with van der Waals surface area (Å²) in [6.07, 6.45) is 0.337. The van der Waals surface area contributed by atoms with Gasteiger partial charge in [0.15, 0.2) is 0 Å². The smallest absolute Gasteiger partial charge is 0.224 e. The van der Waals surface area contributed by atoms with Crippen molar-refractivity contribution < 1.29 is 4.79 Å². The molecule has 0 saturated heterocycles. The zero-order chi connectivity index (χ0) is 14.4. The molecule has 1 rings (SSSR count). The Hall–Kier alpha value is -1.55. The fourth-order valence-corrected chi connectivity index (χ4v) is 1.94. The van der Waals surface area contributed by atoms with Crippen molar-refractivity contribution in [2.75, 3.05) is 26.4 Å². The normalized spacial score (nSPS) is 12.7. The van der Waals surface area contributed by atoms with Crippen molar-refractivity contribution in [3.63, 3.8) is 0 Å². The molecule has 0 heterocycles. The fraction of sp³-hybridized carbons (Fsp3) is 0.533. The minimum Gasteiger partial charge on any atom is -0.398 e. The third-order valence-corrected chi connectivity index (χ3v) is 3.12. The largest absolute Gasteiger partial charge is 0.398 e. The highest BCUT2D eigenvalue weighted by Crippen LogP contribution is 2.11. The number of hydrogen-bond donors (Lipinski definition) is 2. The zero-order valence-corrected chi connectivity index (χ0v) is 12.3. The van der Waals surface area contributed by atoms with Crippen LogP contribution >= 0.6 is 0 Å². The molecule has 0 aliphatic carbocycles. The minimum absolute atomic E-state index is 0.0263. The number of nitrogens with zero attached hydrogens (tertiary/aromatic N) is 1. The van der Waals surface area contributed by atoms with Gasteiger partial charge in [0.1, 0.15) is 0 Å². The molecule has 0 spiro atoms. The van der Waals surface area contributed by atoms with E-state index in [2.05, 4.69) is 24.1 Å². The SMILES string of the molecule is CC(C)C(CN(C)C)NC(=O)Cc1ccccc1N. The van der Waals surface area contributed by atoms with Crippen LogP contribution in [0, 0.1) is 5.92 Å². The number of benzene rings is 1. The maximum absolute atomic E-state index is 12.1. The van der Waals surface area contributed by atoms with E-state index < -0.39 is 0 Å². The molecule has 1 unspecified atom stereocenters. The first-order valence-electron chi connectivity index (χ1n) is 6.67. The first-order valence-corrected chi connectivity index (χ1v) is 6.67. The lowest BCUT2D eigenvalue weighted by Crippen LogP contribution is -2.45. The summed E-state index contributed by atoms with van der Waals surface area (Å²) in [7, 11) is 4.02. The third kappa shape index (κ3) is 5.30. The monoisotopic (exact) mass is 263 g/mol. The maximum atomic E-state index is 12.1. The van der Waals surface area contributed by atoms with E-state index in [1.54, 1.807) is 0 Å². The molecule has 1 atom stereocenters. The van der Waals surface area contributed by atoms with Crippen LogP contribution in [0.15, 0.2) is 24.3 Å². The molecule has 0 aliphatic rings. The van der Waals surface area contributed by atoms with Crippen molar-refractivity contribution in [1.82, 2.24) is 10.2 Å². The molecule has 1 amide bonds. The number of anilines is 1. The van der Waals surface area contributed by atoms with Crippen molar-refractivity contribution >= 4 is 11.6 Å². The Morgan fingerprint density at radius 2 is 1.95 bits per heavy atom. The lowest BCUT2D eigenvalue weighted by atomic mass is 10.0. The molecule has 0 saturated carbocycles. The van der Waals surface area contributed by atoms with Gasteiger partial charge in [0.25, 0.3) is 0 Å².